The number of hydrogen-bond acceptors (Lipinski definition) is 7. The fraction of sp³-hybridized carbons (Fsp3) is 0.333. The maximum Gasteiger partial charge on any atom is 0.343 e. The van der Waals surface area contributed by atoms with Crippen LogP contribution in [0.3, 0.4) is 0 Å². The van der Waals surface area contributed by atoms with Gasteiger partial charge in [0.2, 0.25) is 11.8 Å². The third-order valence-corrected chi connectivity index (χ3v) is 5.03. The number of morpholine rings is 1. The van der Waals surface area contributed by atoms with Gasteiger partial charge in [-0.2, -0.15) is 0 Å². The summed E-state index contributed by atoms with van der Waals surface area (Å²) in [6.45, 7) is 3.23. The van der Waals surface area contributed by atoms with Crippen LogP contribution < -0.4 is 5.56 Å². The maximum atomic E-state index is 13.2. The van der Waals surface area contributed by atoms with Crippen molar-refractivity contribution in [3.63, 3.8) is 0 Å². The lowest BCUT2D eigenvalue weighted by molar-refractivity contribution is -0.145. The number of nitrogens with zero attached hydrogens (tertiary/aromatic N) is 3. The molecule has 1 fully saturated rings. The molecule has 0 N–H and O–H groups in total. The number of aromatic nitrogens is 2. The highest BCUT2D eigenvalue weighted by atomic mass is 16.5. The minimum atomic E-state index is -1.15. The number of aryl methyl sites for hydroxylation is 2. The molecule has 0 saturated carbocycles. The van der Waals surface area contributed by atoms with E-state index >= 15 is 0 Å². The minimum Gasteiger partial charge on any atom is -0.444 e. The van der Waals surface area contributed by atoms with E-state index in [2.05, 4.69) is 4.98 Å². The van der Waals surface area contributed by atoms with Gasteiger partial charge >= 0.3 is 5.97 Å². The topological polar surface area (TPSA) is 104 Å². The Hall–Kier alpha value is -3.46. The molecule has 0 spiro atoms. The van der Waals surface area contributed by atoms with E-state index in [1.807, 2.05) is 6.07 Å². The highest BCUT2D eigenvalue weighted by molar-refractivity contribution is 6.04. The largest absolute Gasteiger partial charge is 0.444 e. The molecular formula is C21H21N3O6. The van der Waals surface area contributed by atoms with Crippen LogP contribution in [0.25, 0.3) is 11.1 Å². The van der Waals surface area contributed by atoms with E-state index in [-0.39, 0.29) is 28.3 Å². The zero-order chi connectivity index (χ0) is 21.3. The number of carbonyl (C=O) groups excluding carboxylic acids is 2. The predicted octanol–water partition coefficient (Wildman–Crippen LogP) is 1.59. The number of amides is 1. The number of fused-ring (bicyclic) bond motifs is 1. The zero-order valence-corrected chi connectivity index (χ0v) is 16.7. The fourth-order valence-corrected chi connectivity index (χ4v) is 3.44. The van der Waals surface area contributed by atoms with Crippen molar-refractivity contribution in [1.82, 2.24) is 14.5 Å². The van der Waals surface area contributed by atoms with Gasteiger partial charge < -0.3 is 23.4 Å². The Kier molecular flexibility index (Phi) is 5.37. The molecule has 0 aliphatic carbocycles. The smallest absolute Gasteiger partial charge is 0.343 e. The van der Waals surface area contributed by atoms with Crippen LogP contribution in [0.1, 0.15) is 27.8 Å². The molecule has 1 aliphatic rings. The summed E-state index contributed by atoms with van der Waals surface area (Å²) in [5.41, 5.74) is 0.145. The SMILES string of the molecule is Cc1oc2ncn(C)c(=O)c2c1C(=O)OC(C(=O)N1CCOCC1)c1ccccc1. The van der Waals surface area contributed by atoms with Crippen LogP contribution >= 0.6 is 0 Å². The lowest BCUT2D eigenvalue weighted by Gasteiger charge is -2.30. The second-order valence-corrected chi connectivity index (χ2v) is 7.01. The number of furan rings is 1. The molecule has 4 rings (SSSR count). The third kappa shape index (κ3) is 3.59. The van der Waals surface area contributed by atoms with Crippen molar-refractivity contribution < 1.29 is 23.5 Å². The Morgan fingerprint density at radius 2 is 1.87 bits per heavy atom. The summed E-state index contributed by atoms with van der Waals surface area (Å²) in [6, 6.07) is 8.78. The summed E-state index contributed by atoms with van der Waals surface area (Å²) in [4.78, 5) is 44.5. The number of hydrogen-bond donors (Lipinski definition) is 0. The van der Waals surface area contributed by atoms with E-state index < -0.39 is 17.6 Å². The molecule has 1 saturated heterocycles. The molecule has 156 valence electrons. The van der Waals surface area contributed by atoms with Crippen molar-refractivity contribution >= 4 is 23.0 Å². The Labute approximate surface area is 171 Å². The summed E-state index contributed by atoms with van der Waals surface area (Å²) < 4.78 is 17.7. The Morgan fingerprint density at radius 1 is 1.17 bits per heavy atom. The summed E-state index contributed by atoms with van der Waals surface area (Å²) in [6.07, 6.45) is 0.166. The quantitative estimate of drug-likeness (QED) is 0.601. The van der Waals surface area contributed by atoms with E-state index in [9.17, 15) is 14.4 Å². The van der Waals surface area contributed by atoms with E-state index in [4.69, 9.17) is 13.9 Å². The molecule has 1 atom stereocenters. The average molecular weight is 411 g/mol. The Balaban J connectivity index is 1.72. The second kappa shape index (κ2) is 8.11. The van der Waals surface area contributed by atoms with Crippen LogP contribution in [0, 0.1) is 6.92 Å². The van der Waals surface area contributed by atoms with Gasteiger partial charge in [0.05, 0.1) is 13.2 Å². The molecule has 0 radical (unpaired) electrons. The molecule has 9 heteroatoms. The molecule has 0 bridgehead atoms. The van der Waals surface area contributed by atoms with Crippen molar-refractivity contribution in [3.8, 4) is 0 Å². The fourth-order valence-electron chi connectivity index (χ4n) is 3.44. The molecule has 1 unspecified atom stereocenters. The van der Waals surface area contributed by atoms with Crippen molar-refractivity contribution in [2.45, 2.75) is 13.0 Å². The van der Waals surface area contributed by atoms with Crippen molar-refractivity contribution in [2.75, 3.05) is 26.3 Å². The molecule has 30 heavy (non-hydrogen) atoms. The summed E-state index contributed by atoms with van der Waals surface area (Å²) >= 11 is 0. The highest BCUT2D eigenvalue weighted by Gasteiger charge is 2.33. The maximum absolute atomic E-state index is 13.2. The molecule has 9 nitrogen and oxygen atoms in total. The number of benzene rings is 1. The predicted molar refractivity (Wildman–Crippen MR) is 106 cm³/mol. The number of carbonyl (C=O) groups is 2. The minimum absolute atomic E-state index is 0.0191. The van der Waals surface area contributed by atoms with Crippen LogP contribution in [0.4, 0.5) is 0 Å². The van der Waals surface area contributed by atoms with E-state index in [1.54, 1.807) is 36.1 Å². The van der Waals surface area contributed by atoms with Crippen LogP contribution in [0.2, 0.25) is 0 Å². The van der Waals surface area contributed by atoms with E-state index in [0.717, 1.165) is 0 Å². The van der Waals surface area contributed by atoms with Crippen molar-refractivity contribution in [3.05, 3.63) is 63.9 Å². The summed E-state index contributed by atoms with van der Waals surface area (Å²) in [7, 11) is 1.53. The van der Waals surface area contributed by atoms with Gasteiger partial charge in [0.15, 0.2) is 0 Å². The van der Waals surface area contributed by atoms with Gasteiger partial charge in [0.1, 0.15) is 23.0 Å². The van der Waals surface area contributed by atoms with Crippen LogP contribution in [0.15, 0.2) is 45.9 Å². The van der Waals surface area contributed by atoms with Gasteiger partial charge in [-0.15, -0.1) is 0 Å². The lowest BCUT2D eigenvalue weighted by atomic mass is 10.1. The molecule has 3 aromatic rings. The molecule has 1 aromatic carbocycles. The standard InChI is InChI=1S/C21H21N3O6/c1-13-15(16-18(29-13)22-12-23(2)19(16)25)21(27)30-17(14-6-4-3-5-7-14)20(26)24-8-10-28-11-9-24/h3-7,12,17H,8-11H2,1-2H3. The molecule has 3 heterocycles. The van der Waals surface area contributed by atoms with E-state index in [1.165, 1.54) is 17.9 Å². The molecule has 1 amide bonds. The first-order chi connectivity index (χ1) is 14.5. The summed E-state index contributed by atoms with van der Waals surface area (Å²) in [5.74, 6) is -0.947. The van der Waals surface area contributed by atoms with Gasteiger partial charge in [-0.1, -0.05) is 30.3 Å². The normalized spacial score (nSPS) is 15.2. The van der Waals surface area contributed by atoms with E-state index in [0.29, 0.717) is 31.9 Å². The summed E-state index contributed by atoms with van der Waals surface area (Å²) in [5, 5.41) is 0.0353. The van der Waals surface area contributed by atoms with Crippen LogP contribution in [-0.4, -0.2) is 52.6 Å². The van der Waals surface area contributed by atoms with Crippen molar-refractivity contribution in [1.29, 1.82) is 0 Å². The molecule has 2 aromatic heterocycles. The molecular weight excluding hydrogens is 390 g/mol. The van der Waals surface area contributed by atoms with Gasteiger partial charge in [-0.3, -0.25) is 9.59 Å². The first kappa shape index (κ1) is 19.8. The first-order valence-corrected chi connectivity index (χ1v) is 9.54. The number of ether oxygens (including phenoxy) is 2. The number of esters is 1. The van der Waals surface area contributed by atoms with Gasteiger partial charge in [-0.05, 0) is 6.92 Å². The monoisotopic (exact) mass is 411 g/mol. The Bertz CT molecular complexity index is 1140. The second-order valence-electron chi connectivity index (χ2n) is 7.01. The zero-order valence-electron chi connectivity index (χ0n) is 16.7. The van der Waals surface area contributed by atoms with Gasteiger partial charge in [-0.25, -0.2) is 9.78 Å². The molecule has 1 aliphatic heterocycles. The average Bonchev–Trinajstić information content (AvgIpc) is 3.12. The Morgan fingerprint density at radius 3 is 2.57 bits per heavy atom. The number of rotatable bonds is 4. The van der Waals surface area contributed by atoms with Crippen LogP contribution in [0.5, 0.6) is 0 Å². The van der Waals surface area contributed by atoms with Gasteiger partial charge in [0, 0.05) is 25.7 Å². The third-order valence-electron chi connectivity index (χ3n) is 5.03. The van der Waals surface area contributed by atoms with Crippen LogP contribution in [-0.2, 0) is 21.3 Å². The lowest BCUT2D eigenvalue weighted by Crippen LogP contribution is -2.44. The van der Waals surface area contributed by atoms with Crippen molar-refractivity contribution in [2.24, 2.45) is 7.05 Å². The van der Waals surface area contributed by atoms with Gasteiger partial charge in [0.25, 0.3) is 11.5 Å². The first-order valence-electron chi connectivity index (χ1n) is 9.54. The highest BCUT2D eigenvalue weighted by Crippen LogP contribution is 2.27.